The second-order valence-corrected chi connectivity index (χ2v) is 7.38. The first-order valence-corrected chi connectivity index (χ1v) is 10.0. The van der Waals surface area contributed by atoms with Gasteiger partial charge in [0.2, 0.25) is 0 Å². The molecule has 0 saturated carbocycles. The molecule has 0 fully saturated rings. The van der Waals surface area contributed by atoms with Gasteiger partial charge in [0.1, 0.15) is 0 Å². The molecular weight excluding hydrogens is 304 g/mol. The predicted molar refractivity (Wildman–Crippen MR) is 105 cm³/mol. The van der Waals surface area contributed by atoms with Gasteiger partial charge in [-0.15, -0.1) is 0 Å². The van der Waals surface area contributed by atoms with E-state index in [2.05, 4.69) is 42.5 Å². The van der Waals surface area contributed by atoms with Crippen LogP contribution in [0.4, 0.5) is 0 Å². The van der Waals surface area contributed by atoms with Crippen molar-refractivity contribution in [3.63, 3.8) is 0 Å². The van der Waals surface area contributed by atoms with E-state index in [4.69, 9.17) is 0 Å². The first kappa shape index (κ1) is 17.9. The van der Waals surface area contributed by atoms with Crippen molar-refractivity contribution < 1.29 is 4.79 Å². The highest BCUT2D eigenvalue weighted by Gasteiger charge is 2.15. The van der Waals surface area contributed by atoms with Crippen molar-refractivity contribution in [2.24, 2.45) is 0 Å². The largest absolute Gasteiger partial charge is 0.294 e. The molecule has 2 aliphatic rings. The highest BCUT2D eigenvalue weighted by Crippen LogP contribution is 2.30. The van der Waals surface area contributed by atoms with Crippen LogP contribution in [-0.2, 0) is 0 Å². The van der Waals surface area contributed by atoms with Crippen LogP contribution < -0.4 is 0 Å². The highest BCUT2D eigenvalue weighted by atomic mass is 16.1. The predicted octanol–water partition coefficient (Wildman–Crippen LogP) is 6.92. The van der Waals surface area contributed by atoms with E-state index in [-0.39, 0.29) is 0 Å². The second-order valence-electron chi connectivity index (χ2n) is 7.38. The molecular formula is C24H30O. The van der Waals surface area contributed by atoms with Crippen molar-refractivity contribution in [3.8, 4) is 0 Å². The van der Waals surface area contributed by atoms with Gasteiger partial charge in [0.25, 0.3) is 0 Å². The maximum absolute atomic E-state index is 12.4. The summed E-state index contributed by atoms with van der Waals surface area (Å²) in [6.07, 6.45) is 12.0. The zero-order valence-electron chi connectivity index (χ0n) is 15.3. The number of Topliss-reactive ketones (excluding diaryl/α,β-unsaturated/α-hetero) is 1. The standard InChI is InChI=1S/C24H30O/c25-24-15-11-6-4-2-1-3-5-10-14-23(20-12-8-7-9-13-20)21-16-18-22(24)19-17-21/h7-9,12-13,16-19,23H,1-6,10-11,14-15H2. The van der Waals surface area contributed by atoms with Gasteiger partial charge in [-0.3, -0.25) is 4.79 Å². The van der Waals surface area contributed by atoms with Gasteiger partial charge in [-0.1, -0.05) is 99.5 Å². The lowest BCUT2D eigenvalue weighted by Crippen LogP contribution is -2.04. The molecule has 1 unspecified atom stereocenters. The van der Waals surface area contributed by atoms with E-state index in [1.807, 2.05) is 12.1 Å². The summed E-state index contributed by atoms with van der Waals surface area (Å²) in [4.78, 5) is 12.4. The number of hydrogen-bond donors (Lipinski definition) is 0. The Hall–Kier alpha value is -1.89. The lowest BCUT2D eigenvalue weighted by Gasteiger charge is -2.19. The smallest absolute Gasteiger partial charge is 0.162 e. The fourth-order valence-corrected chi connectivity index (χ4v) is 3.95. The van der Waals surface area contributed by atoms with Crippen LogP contribution in [-0.4, -0.2) is 5.78 Å². The Labute approximate surface area is 152 Å². The van der Waals surface area contributed by atoms with Gasteiger partial charge >= 0.3 is 0 Å². The minimum absolute atomic E-state index is 0.301. The summed E-state index contributed by atoms with van der Waals surface area (Å²) in [5.74, 6) is 0.744. The second kappa shape index (κ2) is 9.56. The number of benzene rings is 2. The molecule has 2 bridgehead atoms. The Kier molecular flexibility index (Phi) is 6.85. The van der Waals surface area contributed by atoms with Crippen LogP contribution in [0.5, 0.6) is 0 Å². The highest BCUT2D eigenvalue weighted by molar-refractivity contribution is 5.96. The number of carbonyl (C=O) groups excluding carboxylic acids is 1. The summed E-state index contributed by atoms with van der Waals surface area (Å²) in [6, 6.07) is 19.3. The van der Waals surface area contributed by atoms with E-state index in [9.17, 15) is 4.79 Å². The Morgan fingerprint density at radius 2 is 1.16 bits per heavy atom. The van der Waals surface area contributed by atoms with Gasteiger partial charge in [0.15, 0.2) is 5.78 Å². The third-order valence-corrected chi connectivity index (χ3v) is 5.48. The first-order valence-electron chi connectivity index (χ1n) is 10.0. The van der Waals surface area contributed by atoms with Crippen LogP contribution in [0.25, 0.3) is 0 Å². The number of ketones is 1. The third-order valence-electron chi connectivity index (χ3n) is 5.48. The van der Waals surface area contributed by atoms with Crippen molar-refractivity contribution in [1.82, 2.24) is 0 Å². The average molecular weight is 335 g/mol. The van der Waals surface area contributed by atoms with Crippen LogP contribution in [0.2, 0.25) is 0 Å². The minimum Gasteiger partial charge on any atom is -0.294 e. The lowest BCUT2D eigenvalue weighted by molar-refractivity contribution is 0.0979. The molecule has 25 heavy (non-hydrogen) atoms. The molecule has 2 aromatic carbocycles. The molecule has 0 N–H and O–H groups in total. The van der Waals surface area contributed by atoms with E-state index in [1.54, 1.807) is 0 Å². The molecule has 4 rings (SSSR count). The maximum Gasteiger partial charge on any atom is 0.162 e. The Bertz CT molecular complexity index is 642. The molecule has 132 valence electrons. The lowest BCUT2D eigenvalue weighted by atomic mass is 9.86. The Morgan fingerprint density at radius 1 is 0.600 bits per heavy atom. The number of rotatable bonds is 1. The molecule has 1 atom stereocenters. The monoisotopic (exact) mass is 334 g/mol. The molecule has 0 saturated heterocycles. The normalized spacial score (nSPS) is 20.5. The quantitative estimate of drug-likeness (QED) is 0.553. The zero-order chi connectivity index (χ0) is 17.3. The number of hydrogen-bond acceptors (Lipinski definition) is 1. The van der Waals surface area contributed by atoms with Crippen molar-refractivity contribution in [2.75, 3.05) is 0 Å². The van der Waals surface area contributed by atoms with Crippen molar-refractivity contribution in [2.45, 2.75) is 70.1 Å². The van der Waals surface area contributed by atoms with E-state index in [0.29, 0.717) is 18.1 Å². The van der Waals surface area contributed by atoms with Gasteiger partial charge in [-0.25, -0.2) is 0 Å². The molecule has 0 radical (unpaired) electrons. The molecule has 0 aliphatic heterocycles. The summed E-state index contributed by atoms with van der Waals surface area (Å²) >= 11 is 0. The third kappa shape index (κ3) is 5.29. The van der Waals surface area contributed by atoms with Crippen molar-refractivity contribution >= 4 is 5.78 Å². The molecule has 0 heterocycles. The zero-order valence-corrected chi connectivity index (χ0v) is 15.3. The molecule has 1 nitrogen and oxygen atoms in total. The average Bonchev–Trinajstić information content (AvgIpc) is 2.66. The Morgan fingerprint density at radius 3 is 1.84 bits per heavy atom. The van der Waals surface area contributed by atoms with Gasteiger partial charge in [0, 0.05) is 17.9 Å². The van der Waals surface area contributed by atoms with Crippen LogP contribution in [0, 0.1) is 0 Å². The SMILES string of the molecule is O=C1CCCCCCCCCCC(c2ccccc2)c2ccc1cc2. The van der Waals surface area contributed by atoms with E-state index < -0.39 is 0 Å². The van der Waals surface area contributed by atoms with Crippen molar-refractivity contribution in [1.29, 1.82) is 0 Å². The summed E-state index contributed by atoms with van der Waals surface area (Å²) < 4.78 is 0. The van der Waals surface area contributed by atoms with Crippen LogP contribution in [0.1, 0.15) is 91.6 Å². The van der Waals surface area contributed by atoms with Crippen molar-refractivity contribution in [3.05, 3.63) is 71.3 Å². The number of carbonyl (C=O) groups is 1. The maximum atomic E-state index is 12.4. The van der Waals surface area contributed by atoms with Gasteiger partial charge in [-0.05, 0) is 24.0 Å². The molecule has 1 heteroatoms. The van der Waals surface area contributed by atoms with E-state index in [0.717, 1.165) is 12.0 Å². The number of fused-ring (bicyclic) bond motifs is 13. The van der Waals surface area contributed by atoms with Crippen LogP contribution >= 0.6 is 0 Å². The molecule has 2 aliphatic carbocycles. The summed E-state index contributed by atoms with van der Waals surface area (Å²) in [7, 11) is 0. The summed E-state index contributed by atoms with van der Waals surface area (Å²) in [5, 5.41) is 0. The summed E-state index contributed by atoms with van der Waals surface area (Å²) in [5.41, 5.74) is 3.61. The molecule has 2 aromatic rings. The molecule has 0 amide bonds. The summed E-state index contributed by atoms with van der Waals surface area (Å²) in [6.45, 7) is 0. The first-order chi connectivity index (χ1) is 12.3. The fourth-order valence-electron chi connectivity index (χ4n) is 3.95. The van der Waals surface area contributed by atoms with Gasteiger partial charge in [0.05, 0.1) is 0 Å². The topological polar surface area (TPSA) is 17.1 Å². The molecule has 0 spiro atoms. The fraction of sp³-hybridized carbons (Fsp3) is 0.458. The van der Waals surface area contributed by atoms with Gasteiger partial charge in [-0.2, -0.15) is 0 Å². The van der Waals surface area contributed by atoms with Crippen LogP contribution in [0.3, 0.4) is 0 Å². The van der Waals surface area contributed by atoms with Gasteiger partial charge < -0.3 is 0 Å². The Balaban J connectivity index is 1.81. The minimum atomic E-state index is 0.301. The van der Waals surface area contributed by atoms with Crippen LogP contribution in [0.15, 0.2) is 54.6 Å². The molecule has 0 aromatic heterocycles. The van der Waals surface area contributed by atoms with E-state index >= 15 is 0 Å². The van der Waals surface area contributed by atoms with E-state index in [1.165, 1.54) is 62.5 Å².